The molecule has 2 rings (SSSR count). The second-order valence-electron chi connectivity index (χ2n) is 4.52. The fraction of sp³-hybridized carbons (Fsp3) is 0.385. The summed E-state index contributed by atoms with van der Waals surface area (Å²) in [6, 6.07) is 5.37. The van der Waals surface area contributed by atoms with Gasteiger partial charge in [0, 0.05) is 38.2 Å². The van der Waals surface area contributed by atoms with E-state index in [0.29, 0.717) is 17.9 Å². The lowest BCUT2D eigenvalue weighted by Gasteiger charge is -2.18. The third-order valence-corrected chi connectivity index (χ3v) is 2.74. The second-order valence-corrected chi connectivity index (χ2v) is 4.52. The number of fused-ring (bicyclic) bond motifs is 1. The van der Waals surface area contributed by atoms with Gasteiger partial charge in [-0.3, -0.25) is 4.79 Å². The van der Waals surface area contributed by atoms with E-state index in [9.17, 15) is 4.79 Å². The van der Waals surface area contributed by atoms with E-state index in [0.717, 1.165) is 11.2 Å². The molecule has 96 valence electrons. The molecule has 0 radical (unpaired) electrons. The molecule has 0 aliphatic heterocycles. The van der Waals surface area contributed by atoms with E-state index in [4.69, 9.17) is 10.2 Å². The van der Waals surface area contributed by atoms with E-state index in [1.54, 1.807) is 18.9 Å². The summed E-state index contributed by atoms with van der Waals surface area (Å²) in [6.07, 6.45) is 0.323. The maximum atomic E-state index is 11.9. The third kappa shape index (κ3) is 2.51. The summed E-state index contributed by atoms with van der Waals surface area (Å²) < 4.78 is 5.45. The van der Waals surface area contributed by atoms with Crippen molar-refractivity contribution in [2.24, 2.45) is 5.73 Å². The van der Waals surface area contributed by atoms with E-state index in [-0.39, 0.29) is 11.9 Å². The first-order chi connectivity index (χ1) is 8.47. The molecule has 0 aliphatic rings. The van der Waals surface area contributed by atoms with Gasteiger partial charge in [-0.1, -0.05) is 0 Å². The molecule has 0 fully saturated rings. The maximum Gasteiger partial charge on any atom is 0.228 e. The molecule has 0 saturated heterocycles. The predicted molar refractivity (Wildman–Crippen MR) is 70.4 cm³/mol. The van der Waals surface area contributed by atoms with Crippen LogP contribution in [-0.4, -0.2) is 24.0 Å². The SMILES string of the molecule is Cc1nc2ccc(N(C)C(=O)CC(C)N)cc2o1. The summed E-state index contributed by atoms with van der Waals surface area (Å²) in [5.74, 6) is 0.604. The van der Waals surface area contributed by atoms with Gasteiger partial charge in [0.05, 0.1) is 0 Å². The zero-order valence-corrected chi connectivity index (χ0v) is 10.8. The Morgan fingerprint density at radius 1 is 1.56 bits per heavy atom. The van der Waals surface area contributed by atoms with Crippen molar-refractivity contribution in [1.82, 2.24) is 4.98 Å². The van der Waals surface area contributed by atoms with Gasteiger partial charge in [-0.2, -0.15) is 0 Å². The number of carbonyl (C=O) groups is 1. The number of aryl methyl sites for hydroxylation is 1. The molecule has 0 aliphatic carbocycles. The lowest BCUT2D eigenvalue weighted by atomic mass is 10.2. The largest absolute Gasteiger partial charge is 0.441 e. The molecule has 18 heavy (non-hydrogen) atoms. The summed E-state index contributed by atoms with van der Waals surface area (Å²) in [7, 11) is 1.73. The summed E-state index contributed by atoms with van der Waals surface area (Å²) in [5.41, 5.74) is 7.89. The molecule has 1 aromatic carbocycles. The van der Waals surface area contributed by atoms with Crippen LogP contribution in [0.3, 0.4) is 0 Å². The van der Waals surface area contributed by atoms with Gasteiger partial charge < -0.3 is 15.1 Å². The topological polar surface area (TPSA) is 72.4 Å². The summed E-state index contributed by atoms with van der Waals surface area (Å²) >= 11 is 0. The molecule has 1 unspecified atom stereocenters. The predicted octanol–water partition coefficient (Wildman–Crippen LogP) is 1.84. The van der Waals surface area contributed by atoms with Crippen LogP contribution in [0.25, 0.3) is 11.1 Å². The van der Waals surface area contributed by atoms with Crippen molar-refractivity contribution < 1.29 is 9.21 Å². The minimum atomic E-state index is -0.142. The molecule has 2 aromatic rings. The van der Waals surface area contributed by atoms with Crippen LogP contribution in [0.15, 0.2) is 22.6 Å². The first-order valence-electron chi connectivity index (χ1n) is 5.86. The normalized spacial score (nSPS) is 12.7. The molecular formula is C13H17N3O2. The van der Waals surface area contributed by atoms with Crippen LogP contribution in [0.1, 0.15) is 19.2 Å². The zero-order chi connectivity index (χ0) is 13.3. The molecule has 0 saturated carbocycles. The number of rotatable bonds is 3. The Bertz CT molecular complexity index is 575. The second kappa shape index (κ2) is 4.78. The Morgan fingerprint density at radius 3 is 2.94 bits per heavy atom. The fourth-order valence-corrected chi connectivity index (χ4v) is 1.79. The van der Waals surface area contributed by atoms with Crippen molar-refractivity contribution in [3.8, 4) is 0 Å². The lowest BCUT2D eigenvalue weighted by molar-refractivity contribution is -0.118. The van der Waals surface area contributed by atoms with Gasteiger partial charge in [0.15, 0.2) is 11.5 Å². The van der Waals surface area contributed by atoms with Gasteiger partial charge >= 0.3 is 0 Å². The number of nitrogens with zero attached hydrogens (tertiary/aromatic N) is 2. The van der Waals surface area contributed by atoms with Gasteiger partial charge in [0.1, 0.15) is 5.52 Å². The molecule has 2 N–H and O–H groups in total. The van der Waals surface area contributed by atoms with Crippen molar-refractivity contribution in [3.05, 3.63) is 24.1 Å². The van der Waals surface area contributed by atoms with Crippen LogP contribution in [0.4, 0.5) is 5.69 Å². The van der Waals surface area contributed by atoms with Gasteiger partial charge in [-0.25, -0.2) is 4.98 Å². The Labute approximate surface area is 106 Å². The zero-order valence-electron chi connectivity index (χ0n) is 10.8. The minimum Gasteiger partial charge on any atom is -0.441 e. The Hall–Kier alpha value is -1.88. The molecule has 1 heterocycles. The van der Waals surface area contributed by atoms with E-state index < -0.39 is 0 Å². The molecular weight excluding hydrogens is 230 g/mol. The lowest BCUT2D eigenvalue weighted by Crippen LogP contribution is -2.31. The van der Waals surface area contributed by atoms with E-state index in [1.807, 2.05) is 25.1 Å². The number of amides is 1. The molecule has 5 heteroatoms. The fourth-order valence-electron chi connectivity index (χ4n) is 1.79. The Morgan fingerprint density at radius 2 is 2.28 bits per heavy atom. The highest BCUT2D eigenvalue weighted by molar-refractivity contribution is 5.94. The minimum absolute atomic E-state index is 0.0133. The van der Waals surface area contributed by atoms with Gasteiger partial charge in [-0.15, -0.1) is 0 Å². The average Bonchev–Trinajstić information content (AvgIpc) is 2.65. The standard InChI is InChI=1S/C13H17N3O2/c1-8(14)6-13(17)16(3)10-4-5-11-12(7-10)18-9(2)15-11/h4-5,7-8H,6,14H2,1-3H3. The number of oxazole rings is 1. The summed E-state index contributed by atoms with van der Waals surface area (Å²) in [4.78, 5) is 17.7. The van der Waals surface area contributed by atoms with Crippen LogP contribution < -0.4 is 10.6 Å². The number of benzene rings is 1. The van der Waals surface area contributed by atoms with Gasteiger partial charge in [0.25, 0.3) is 0 Å². The number of anilines is 1. The average molecular weight is 247 g/mol. The molecule has 0 bridgehead atoms. The first kappa shape index (κ1) is 12.6. The highest BCUT2D eigenvalue weighted by Gasteiger charge is 2.14. The number of aromatic nitrogens is 1. The highest BCUT2D eigenvalue weighted by Crippen LogP contribution is 2.22. The number of carbonyl (C=O) groups excluding carboxylic acids is 1. The quantitative estimate of drug-likeness (QED) is 0.898. The molecule has 1 atom stereocenters. The van der Waals surface area contributed by atoms with Gasteiger partial charge in [-0.05, 0) is 19.1 Å². The summed E-state index contributed by atoms with van der Waals surface area (Å²) in [6.45, 7) is 3.61. The van der Waals surface area contributed by atoms with Crippen LogP contribution in [0.2, 0.25) is 0 Å². The number of hydrogen-bond acceptors (Lipinski definition) is 4. The summed E-state index contributed by atoms with van der Waals surface area (Å²) in [5, 5.41) is 0. The van der Waals surface area contributed by atoms with Crippen molar-refractivity contribution >= 4 is 22.7 Å². The molecule has 5 nitrogen and oxygen atoms in total. The maximum absolute atomic E-state index is 11.9. The van der Waals surface area contributed by atoms with Gasteiger partial charge in [0.2, 0.25) is 5.91 Å². The van der Waals surface area contributed by atoms with Crippen LogP contribution in [0.5, 0.6) is 0 Å². The van der Waals surface area contributed by atoms with Crippen molar-refractivity contribution in [1.29, 1.82) is 0 Å². The van der Waals surface area contributed by atoms with Crippen molar-refractivity contribution in [2.45, 2.75) is 26.3 Å². The molecule has 1 amide bonds. The van der Waals surface area contributed by atoms with Crippen LogP contribution in [0, 0.1) is 6.92 Å². The number of nitrogens with two attached hydrogens (primary N) is 1. The molecule has 0 spiro atoms. The monoisotopic (exact) mass is 247 g/mol. The highest BCUT2D eigenvalue weighted by atomic mass is 16.3. The first-order valence-corrected chi connectivity index (χ1v) is 5.86. The third-order valence-electron chi connectivity index (χ3n) is 2.74. The van der Waals surface area contributed by atoms with Crippen LogP contribution >= 0.6 is 0 Å². The van der Waals surface area contributed by atoms with E-state index in [1.165, 1.54) is 0 Å². The van der Waals surface area contributed by atoms with E-state index in [2.05, 4.69) is 4.98 Å². The smallest absolute Gasteiger partial charge is 0.228 e. The number of hydrogen-bond donors (Lipinski definition) is 1. The van der Waals surface area contributed by atoms with E-state index >= 15 is 0 Å². The van der Waals surface area contributed by atoms with Crippen LogP contribution in [-0.2, 0) is 4.79 Å². The Kier molecular flexibility index (Phi) is 3.34. The van der Waals surface area contributed by atoms with Crippen molar-refractivity contribution in [2.75, 3.05) is 11.9 Å². The van der Waals surface area contributed by atoms with Crippen molar-refractivity contribution in [3.63, 3.8) is 0 Å². The molecule has 1 aromatic heterocycles. The Balaban J connectivity index is 2.27.